The Kier molecular flexibility index (Phi) is 20.1. The van der Waals surface area contributed by atoms with Crippen LogP contribution in [0.25, 0.3) is 46.4 Å². The van der Waals surface area contributed by atoms with Crippen LogP contribution < -0.4 is 0 Å². The van der Waals surface area contributed by atoms with E-state index in [0.717, 1.165) is 74.3 Å². The van der Waals surface area contributed by atoms with Crippen LogP contribution in [0.1, 0.15) is 134 Å². The minimum absolute atomic E-state index is 0. The largest absolute Gasteiger partial charge is 3.00 e. The maximum atomic E-state index is 6.63. The molecule has 1 N–H and O–H groups in total. The molecule has 0 atom stereocenters. The molecule has 0 aromatic carbocycles. The van der Waals surface area contributed by atoms with Crippen molar-refractivity contribution in [3.8, 4) is 17.8 Å². The van der Waals surface area contributed by atoms with Gasteiger partial charge in [0.2, 0.25) is 0 Å². The summed E-state index contributed by atoms with van der Waals surface area (Å²) in [6.07, 6.45) is 40.4. The molecule has 6 aromatic heterocycles. The Morgan fingerprint density at radius 1 is 0.477 bits per heavy atom. The number of aromatic nitrogens is 7. The van der Waals surface area contributed by atoms with Crippen LogP contribution >= 0.6 is 0 Å². The molecule has 0 unspecified atom stereocenters. The molecule has 65 heavy (non-hydrogen) atoms. The molecule has 8 rings (SSSR count). The zero-order chi connectivity index (χ0) is 46.0. The van der Waals surface area contributed by atoms with Crippen LogP contribution in [-0.4, -0.2) is 54.3 Å². The number of nitrogens with one attached hydrogen (secondary N) is 1. The first-order chi connectivity index (χ1) is 31.3. The van der Waals surface area contributed by atoms with Gasteiger partial charge in [0.25, 0.3) is 0 Å². The van der Waals surface area contributed by atoms with Crippen molar-refractivity contribution in [2.75, 3.05) is 0 Å². The number of fused-ring (bicyclic) bond motifs is 8. The van der Waals surface area contributed by atoms with Crippen molar-refractivity contribution in [2.24, 2.45) is 0 Å². The normalized spacial score (nSPS) is 10.7. The molecule has 0 fully saturated rings. The van der Waals surface area contributed by atoms with Crippen molar-refractivity contribution >= 4 is 66.2 Å². The fraction of sp³-hybridized carbons (Fsp3) is 0.281. The van der Waals surface area contributed by atoms with Gasteiger partial charge in [-0.05, 0) is 140 Å². The van der Waals surface area contributed by atoms with E-state index in [1.54, 1.807) is 55.0 Å². The van der Waals surface area contributed by atoms with E-state index in [1.165, 1.54) is 61.0 Å². The van der Waals surface area contributed by atoms with E-state index >= 15 is 0 Å². The van der Waals surface area contributed by atoms with E-state index in [4.69, 9.17) is 29.2 Å². The number of rotatable bonds is 8. The van der Waals surface area contributed by atoms with Crippen LogP contribution in [0.3, 0.4) is 0 Å². The van der Waals surface area contributed by atoms with Crippen molar-refractivity contribution in [3.05, 3.63) is 177 Å². The molecule has 0 amide bonds. The zero-order valence-corrected chi connectivity index (χ0v) is 41.7. The van der Waals surface area contributed by atoms with Gasteiger partial charge in [0, 0.05) is 58.4 Å². The molecular formula is C57H58GaN7. The third-order valence-electron chi connectivity index (χ3n) is 11.3. The summed E-state index contributed by atoms with van der Waals surface area (Å²) >= 11 is 0. The van der Waals surface area contributed by atoms with Crippen LogP contribution in [-0.2, 0) is 51.5 Å². The molecule has 0 saturated carbocycles. The Morgan fingerprint density at radius 2 is 0.862 bits per heavy atom. The minimum atomic E-state index is 0. The molecule has 8 bridgehead atoms. The molecule has 0 aliphatic carbocycles. The Morgan fingerprint density at radius 3 is 1.18 bits per heavy atom. The Labute approximate surface area is 400 Å². The van der Waals surface area contributed by atoms with Gasteiger partial charge in [0.15, 0.2) is 0 Å². The van der Waals surface area contributed by atoms with Gasteiger partial charge in [-0.25, -0.2) is 9.97 Å². The Balaban J connectivity index is 0.000000297. The van der Waals surface area contributed by atoms with Crippen LogP contribution in [0.5, 0.6) is 0 Å². The molecule has 6 aromatic rings. The van der Waals surface area contributed by atoms with Crippen LogP contribution in [0, 0.1) is 37.0 Å². The number of pyridine rings is 3. The maximum Gasteiger partial charge on any atom is 3.00 e. The van der Waals surface area contributed by atoms with Crippen molar-refractivity contribution in [1.29, 1.82) is 0 Å². The quantitative estimate of drug-likeness (QED) is 0.0932. The average molecular weight is 911 g/mol. The van der Waals surface area contributed by atoms with E-state index in [-0.39, 0.29) is 19.8 Å². The molecular weight excluding hydrogens is 852 g/mol. The van der Waals surface area contributed by atoms with E-state index in [9.17, 15) is 0 Å². The van der Waals surface area contributed by atoms with Crippen LogP contribution in [0.15, 0.2) is 79.3 Å². The third kappa shape index (κ3) is 11.9. The molecule has 0 saturated heterocycles. The van der Waals surface area contributed by atoms with Crippen LogP contribution in [0.4, 0.5) is 0 Å². The van der Waals surface area contributed by atoms with E-state index < -0.39 is 0 Å². The number of nitrogens with zero attached hydrogens (tertiary/aromatic N) is 6. The van der Waals surface area contributed by atoms with E-state index in [0.29, 0.717) is 17.1 Å². The Hall–Kier alpha value is -6.63. The minimum Gasteiger partial charge on any atom is -0.364 e. The van der Waals surface area contributed by atoms with Gasteiger partial charge < -0.3 is 43.8 Å². The fourth-order valence-electron chi connectivity index (χ4n) is 8.34. The molecule has 0 radical (unpaired) electrons. The van der Waals surface area contributed by atoms with Gasteiger partial charge in [0.05, 0.1) is 28.3 Å². The number of hydrogen-bond donors (Lipinski definition) is 1. The second-order valence-corrected chi connectivity index (χ2v) is 14.8. The zero-order valence-electron chi connectivity index (χ0n) is 39.2. The summed E-state index contributed by atoms with van der Waals surface area (Å²) in [5.41, 5.74) is 21.0. The number of hydrogen-bond acceptors (Lipinski definition) is 5. The first-order valence-corrected chi connectivity index (χ1v) is 22.5. The van der Waals surface area contributed by atoms with Crippen molar-refractivity contribution in [2.45, 2.75) is 107 Å². The van der Waals surface area contributed by atoms with Crippen molar-refractivity contribution < 1.29 is 0 Å². The summed E-state index contributed by atoms with van der Waals surface area (Å²) in [7, 11) is 0. The predicted molar refractivity (Wildman–Crippen MR) is 271 cm³/mol. The standard InChI is InChI=1S/C36H46N4.3C7H4N.Ga/c1-9-22-21-33-26(13-5)31-18-17-29(37-31)25(12-4)30-19-20-32(38-30)27(14-6)35-23(10-2)24(11-3)36(40(35)16-8)28(15-7)34(22)39-33;3*1-2-7-5-3-4-6-8-7;/h17-21,39H,9-16H2,1-8H3;3*3-6H;/q;3*-1;+3. The summed E-state index contributed by atoms with van der Waals surface area (Å²) in [5.74, 6) is 6.50. The monoisotopic (exact) mass is 909 g/mol. The van der Waals surface area contributed by atoms with Gasteiger partial charge in [0.1, 0.15) is 0 Å². The van der Waals surface area contributed by atoms with Crippen LogP contribution in [0.2, 0.25) is 0 Å². The SMILES string of the molecule is CCc1c2nc(c(CC)c3cc(CC)c([nH]3)c(CC)c3c(CC)c(CC)c(c(CC)c4nc1C=C4)n3CC)C=C2.[C-]#Cc1ccccn1.[C-]#Cc1ccccn1.[C-]#Cc1ccccn1.[Ga+3]. The second-order valence-electron chi connectivity index (χ2n) is 14.8. The molecule has 2 aliphatic heterocycles. The van der Waals surface area contributed by atoms with Crippen molar-refractivity contribution in [1.82, 2.24) is 34.5 Å². The van der Waals surface area contributed by atoms with Gasteiger partial charge in [-0.3, -0.25) is 17.8 Å². The molecule has 8 heteroatoms. The number of H-pyrrole nitrogens is 1. The van der Waals surface area contributed by atoms with Gasteiger partial charge in [-0.15, -0.1) is 18.2 Å². The Bertz CT molecular complexity index is 2760. The summed E-state index contributed by atoms with van der Waals surface area (Å²) in [5, 5.41) is 0. The fourth-order valence-corrected chi connectivity index (χ4v) is 8.34. The van der Waals surface area contributed by atoms with Crippen molar-refractivity contribution in [3.63, 3.8) is 0 Å². The second kappa shape index (κ2) is 25.6. The summed E-state index contributed by atoms with van der Waals surface area (Å²) in [6.45, 7) is 19.2. The number of aryl methyl sites for hydroxylation is 7. The summed E-state index contributed by atoms with van der Waals surface area (Å²) in [4.78, 5) is 25.8. The molecule has 7 nitrogen and oxygen atoms in total. The van der Waals surface area contributed by atoms with Gasteiger partial charge >= 0.3 is 19.8 Å². The maximum absolute atomic E-state index is 6.63. The number of aromatic amines is 1. The van der Waals surface area contributed by atoms with Gasteiger partial charge in [-0.1, -0.05) is 66.7 Å². The van der Waals surface area contributed by atoms with E-state index in [2.05, 4.69) is 128 Å². The van der Waals surface area contributed by atoms with E-state index in [1.807, 2.05) is 18.2 Å². The molecule has 2 aliphatic rings. The molecule has 324 valence electrons. The predicted octanol–water partition coefficient (Wildman–Crippen LogP) is 11.8. The first-order valence-electron chi connectivity index (χ1n) is 22.5. The molecule has 0 spiro atoms. The third-order valence-corrected chi connectivity index (χ3v) is 11.3. The molecule has 8 heterocycles. The smallest absolute Gasteiger partial charge is 0.364 e. The first kappa shape index (κ1) is 51.0. The average Bonchev–Trinajstić information content (AvgIpc) is 4.18. The summed E-state index contributed by atoms with van der Waals surface area (Å²) < 4.78 is 2.62. The van der Waals surface area contributed by atoms with Gasteiger partial charge in [-0.2, -0.15) is 0 Å². The topological polar surface area (TPSA) is 85.2 Å². The summed E-state index contributed by atoms with van der Waals surface area (Å²) in [6, 6.07) is 18.5.